The van der Waals surface area contributed by atoms with Crippen LogP contribution in [0.1, 0.15) is 35.8 Å². The Morgan fingerprint density at radius 2 is 2.08 bits per heavy atom. The number of hydrogen-bond acceptors (Lipinski definition) is 6. The lowest BCUT2D eigenvalue weighted by Gasteiger charge is -2.35. The first-order valence-corrected chi connectivity index (χ1v) is 8.77. The average Bonchev–Trinajstić information content (AvgIpc) is 2.91. The first-order valence-electron chi connectivity index (χ1n) is 7.89. The molecule has 2 heterocycles. The van der Waals surface area contributed by atoms with Crippen molar-refractivity contribution in [3.8, 4) is 0 Å². The molecule has 0 spiro atoms. The van der Waals surface area contributed by atoms with Crippen molar-refractivity contribution >= 4 is 42.1 Å². The number of rotatable bonds is 7. The van der Waals surface area contributed by atoms with E-state index in [1.54, 1.807) is 5.38 Å². The van der Waals surface area contributed by atoms with Gasteiger partial charge in [-0.1, -0.05) is 0 Å². The van der Waals surface area contributed by atoms with Gasteiger partial charge in [0.2, 0.25) is 0 Å². The predicted molar refractivity (Wildman–Crippen MR) is 103 cm³/mol. The molecule has 1 aromatic rings. The van der Waals surface area contributed by atoms with Gasteiger partial charge in [0.25, 0.3) is 5.91 Å². The minimum atomic E-state index is -0.0942. The molecule has 140 valence electrons. The molecule has 0 aromatic carbocycles. The molecule has 1 aromatic heterocycles. The summed E-state index contributed by atoms with van der Waals surface area (Å²) in [5.74, 6) is -0.0942. The van der Waals surface area contributed by atoms with Crippen LogP contribution in [0.5, 0.6) is 0 Å². The van der Waals surface area contributed by atoms with Crippen LogP contribution < -0.4 is 11.1 Å². The lowest BCUT2D eigenvalue weighted by molar-refractivity contribution is -0.0679. The van der Waals surface area contributed by atoms with E-state index in [-0.39, 0.29) is 42.9 Å². The molecule has 0 aliphatic carbocycles. The largest absolute Gasteiger partial charge is 0.373 e. The van der Waals surface area contributed by atoms with Gasteiger partial charge >= 0.3 is 0 Å². The Kier molecular flexibility index (Phi) is 11.8. The minimum Gasteiger partial charge on any atom is -0.373 e. The molecule has 0 bridgehead atoms. The lowest BCUT2D eigenvalue weighted by Crippen LogP contribution is -2.46. The fourth-order valence-corrected chi connectivity index (χ4v) is 3.51. The second-order valence-electron chi connectivity index (χ2n) is 5.79. The Hall–Kier alpha value is -0.440. The van der Waals surface area contributed by atoms with Crippen LogP contribution in [0.4, 0.5) is 0 Å². The van der Waals surface area contributed by atoms with Crippen molar-refractivity contribution in [1.29, 1.82) is 0 Å². The SMILES string of the molecule is CC1CN(CCCNC(=O)c2csc(CCN)n2)CC(C)O1.Cl.Cl. The number of halogens is 2. The number of carbonyl (C=O) groups is 1. The Bertz CT molecular complexity index is 480. The van der Waals surface area contributed by atoms with E-state index in [0.29, 0.717) is 18.8 Å². The van der Waals surface area contributed by atoms with Crippen LogP contribution in [-0.2, 0) is 11.2 Å². The number of thiazole rings is 1. The molecular formula is C15H28Cl2N4O2S. The van der Waals surface area contributed by atoms with E-state index in [2.05, 4.69) is 29.0 Å². The summed E-state index contributed by atoms with van der Waals surface area (Å²) < 4.78 is 5.71. The van der Waals surface area contributed by atoms with Crippen molar-refractivity contribution in [3.05, 3.63) is 16.1 Å². The maximum Gasteiger partial charge on any atom is 0.270 e. The van der Waals surface area contributed by atoms with Gasteiger partial charge in [-0.15, -0.1) is 36.2 Å². The molecule has 0 radical (unpaired) electrons. The maximum atomic E-state index is 12.0. The molecule has 24 heavy (non-hydrogen) atoms. The Morgan fingerprint density at radius 3 is 2.71 bits per heavy atom. The summed E-state index contributed by atoms with van der Waals surface area (Å²) in [6, 6.07) is 0. The van der Waals surface area contributed by atoms with Crippen LogP contribution in [0.25, 0.3) is 0 Å². The maximum absolute atomic E-state index is 12.0. The molecule has 9 heteroatoms. The average molecular weight is 399 g/mol. The van der Waals surface area contributed by atoms with Gasteiger partial charge < -0.3 is 15.8 Å². The number of nitrogens with two attached hydrogens (primary N) is 1. The van der Waals surface area contributed by atoms with Crippen LogP contribution in [0.15, 0.2) is 5.38 Å². The fourth-order valence-electron chi connectivity index (χ4n) is 2.72. The van der Waals surface area contributed by atoms with Crippen molar-refractivity contribution in [1.82, 2.24) is 15.2 Å². The number of hydrogen-bond donors (Lipinski definition) is 2. The Labute approximate surface area is 160 Å². The highest BCUT2D eigenvalue weighted by molar-refractivity contribution is 7.09. The van der Waals surface area contributed by atoms with Gasteiger partial charge in [0.05, 0.1) is 17.2 Å². The molecule has 1 aliphatic rings. The Morgan fingerprint density at radius 1 is 1.42 bits per heavy atom. The van der Waals surface area contributed by atoms with Gasteiger partial charge in [0, 0.05) is 38.0 Å². The number of nitrogens with zero attached hydrogens (tertiary/aromatic N) is 2. The van der Waals surface area contributed by atoms with E-state index >= 15 is 0 Å². The zero-order valence-corrected chi connectivity index (χ0v) is 16.6. The van der Waals surface area contributed by atoms with Gasteiger partial charge in [-0.2, -0.15) is 0 Å². The first kappa shape index (κ1) is 23.6. The highest BCUT2D eigenvalue weighted by Gasteiger charge is 2.21. The zero-order chi connectivity index (χ0) is 15.9. The van der Waals surface area contributed by atoms with Gasteiger partial charge in [0.15, 0.2) is 0 Å². The van der Waals surface area contributed by atoms with Crippen LogP contribution in [0, 0.1) is 0 Å². The van der Waals surface area contributed by atoms with Gasteiger partial charge in [-0.3, -0.25) is 9.69 Å². The normalized spacial score (nSPS) is 20.8. The molecule has 2 atom stereocenters. The van der Waals surface area contributed by atoms with Crippen molar-refractivity contribution in [2.45, 2.75) is 38.9 Å². The third kappa shape index (κ3) is 7.63. The minimum absolute atomic E-state index is 0. The number of carbonyl (C=O) groups excluding carboxylic acids is 1. The number of amides is 1. The van der Waals surface area contributed by atoms with Crippen molar-refractivity contribution < 1.29 is 9.53 Å². The number of ether oxygens (including phenoxy) is 1. The highest BCUT2D eigenvalue weighted by atomic mass is 35.5. The quantitative estimate of drug-likeness (QED) is 0.683. The van der Waals surface area contributed by atoms with Gasteiger partial charge in [0.1, 0.15) is 5.69 Å². The van der Waals surface area contributed by atoms with Crippen LogP contribution in [0.2, 0.25) is 0 Å². The van der Waals surface area contributed by atoms with Gasteiger partial charge in [-0.25, -0.2) is 4.98 Å². The first-order chi connectivity index (χ1) is 10.6. The molecular weight excluding hydrogens is 371 g/mol. The molecule has 3 N–H and O–H groups in total. The predicted octanol–water partition coefficient (Wildman–Crippen LogP) is 1.72. The standard InChI is InChI=1S/C15H26N4O2S.2ClH/c1-11-8-19(9-12(2)21-11)7-3-6-17-15(20)13-10-22-14(18-13)4-5-16;;/h10-12H,3-9,16H2,1-2H3,(H,17,20);2*1H. The third-order valence-corrected chi connectivity index (χ3v) is 4.48. The summed E-state index contributed by atoms with van der Waals surface area (Å²) >= 11 is 1.49. The molecule has 2 rings (SSSR count). The number of nitrogens with one attached hydrogen (secondary N) is 1. The van der Waals surface area contributed by atoms with Crippen molar-refractivity contribution in [2.75, 3.05) is 32.7 Å². The second kappa shape index (κ2) is 12.0. The third-order valence-electron chi connectivity index (χ3n) is 3.57. The molecule has 1 fully saturated rings. The summed E-state index contributed by atoms with van der Waals surface area (Å²) in [5.41, 5.74) is 5.99. The van der Waals surface area contributed by atoms with Crippen LogP contribution in [-0.4, -0.2) is 60.7 Å². The fraction of sp³-hybridized carbons (Fsp3) is 0.733. The lowest BCUT2D eigenvalue weighted by atomic mass is 10.2. The van der Waals surface area contributed by atoms with Crippen molar-refractivity contribution in [2.24, 2.45) is 5.73 Å². The van der Waals surface area contributed by atoms with Crippen molar-refractivity contribution in [3.63, 3.8) is 0 Å². The van der Waals surface area contributed by atoms with E-state index in [9.17, 15) is 4.79 Å². The molecule has 0 saturated carbocycles. The summed E-state index contributed by atoms with van der Waals surface area (Å²) in [6.45, 7) is 8.35. The van der Waals surface area contributed by atoms with E-state index in [1.165, 1.54) is 11.3 Å². The molecule has 6 nitrogen and oxygen atoms in total. The summed E-state index contributed by atoms with van der Waals surface area (Å²) in [6.07, 6.45) is 2.24. The second-order valence-corrected chi connectivity index (χ2v) is 6.73. The van der Waals surface area contributed by atoms with E-state index in [0.717, 1.165) is 37.5 Å². The van der Waals surface area contributed by atoms with Crippen LogP contribution in [0.3, 0.4) is 0 Å². The Balaban J connectivity index is 0.00000264. The highest BCUT2D eigenvalue weighted by Crippen LogP contribution is 2.11. The number of aromatic nitrogens is 1. The molecule has 1 aliphatic heterocycles. The number of morpholine rings is 1. The zero-order valence-electron chi connectivity index (χ0n) is 14.2. The molecule has 2 unspecified atom stereocenters. The summed E-state index contributed by atoms with van der Waals surface area (Å²) in [5, 5.41) is 5.65. The van der Waals surface area contributed by atoms with E-state index in [4.69, 9.17) is 10.5 Å². The van der Waals surface area contributed by atoms with Crippen LogP contribution >= 0.6 is 36.2 Å². The van der Waals surface area contributed by atoms with E-state index < -0.39 is 0 Å². The van der Waals surface area contributed by atoms with E-state index in [1.807, 2.05) is 0 Å². The smallest absolute Gasteiger partial charge is 0.270 e. The van der Waals surface area contributed by atoms with Gasteiger partial charge in [-0.05, 0) is 26.8 Å². The topological polar surface area (TPSA) is 80.5 Å². The summed E-state index contributed by atoms with van der Waals surface area (Å²) in [4.78, 5) is 18.7. The summed E-state index contributed by atoms with van der Waals surface area (Å²) in [7, 11) is 0. The molecule has 1 saturated heterocycles. The molecule has 1 amide bonds. The monoisotopic (exact) mass is 398 g/mol.